The fraction of sp³-hybridized carbons (Fsp3) is 0.286. The predicted molar refractivity (Wildman–Crippen MR) is 73.7 cm³/mol. The molecule has 0 atom stereocenters. The van der Waals surface area contributed by atoms with E-state index in [1.54, 1.807) is 0 Å². The molecule has 4 nitrogen and oxygen atoms in total. The van der Waals surface area contributed by atoms with Crippen LogP contribution in [-0.4, -0.2) is 22.7 Å². The minimum Gasteiger partial charge on any atom is -0.494 e. The Morgan fingerprint density at radius 1 is 1.32 bits per heavy atom. The quantitative estimate of drug-likeness (QED) is 0.791. The summed E-state index contributed by atoms with van der Waals surface area (Å²) in [6.07, 6.45) is 1.68. The molecule has 0 amide bonds. The molecule has 0 fully saturated rings. The van der Waals surface area contributed by atoms with Crippen LogP contribution in [0.3, 0.4) is 0 Å². The third-order valence-electron chi connectivity index (χ3n) is 2.48. The summed E-state index contributed by atoms with van der Waals surface area (Å²) in [4.78, 5) is 14.8. The van der Waals surface area contributed by atoms with E-state index in [4.69, 9.17) is 9.84 Å². The number of aliphatic carboxylic acids is 1. The molecule has 1 aromatic heterocycles. The summed E-state index contributed by atoms with van der Waals surface area (Å²) in [5.74, 6) is 0.0254. The van der Waals surface area contributed by atoms with Crippen LogP contribution in [-0.2, 0) is 17.6 Å². The lowest BCUT2D eigenvalue weighted by molar-refractivity contribution is -0.136. The molecule has 0 bridgehead atoms. The van der Waals surface area contributed by atoms with Gasteiger partial charge in [0.05, 0.1) is 23.7 Å². The molecule has 0 spiro atoms. The lowest BCUT2D eigenvalue weighted by Gasteiger charge is -2.04. The number of aromatic nitrogens is 1. The van der Waals surface area contributed by atoms with E-state index in [9.17, 15) is 4.79 Å². The molecule has 1 N–H and O–H groups in total. The molecule has 0 saturated heterocycles. The normalized spacial score (nSPS) is 10.3. The summed E-state index contributed by atoms with van der Waals surface area (Å²) in [6.45, 7) is 0.637. The number of carboxylic acids is 1. The van der Waals surface area contributed by atoms with Gasteiger partial charge in [-0.25, -0.2) is 4.98 Å². The first-order valence-electron chi connectivity index (χ1n) is 6.07. The number of rotatable bonds is 7. The van der Waals surface area contributed by atoms with Gasteiger partial charge in [0, 0.05) is 11.8 Å². The van der Waals surface area contributed by atoms with Crippen LogP contribution in [0.4, 0.5) is 0 Å². The SMILES string of the molecule is O=C(O)Cc1csc(CCCOc2ccccc2)n1. The van der Waals surface area contributed by atoms with Crippen LogP contribution in [0.5, 0.6) is 5.75 Å². The number of hydrogen-bond donors (Lipinski definition) is 1. The van der Waals surface area contributed by atoms with Crippen molar-refractivity contribution in [1.29, 1.82) is 0 Å². The van der Waals surface area contributed by atoms with E-state index in [-0.39, 0.29) is 6.42 Å². The maximum absolute atomic E-state index is 10.5. The van der Waals surface area contributed by atoms with Crippen LogP contribution in [0.25, 0.3) is 0 Å². The standard InChI is InChI=1S/C14H15NO3S/c16-14(17)9-11-10-19-13(15-11)7-4-8-18-12-5-2-1-3-6-12/h1-3,5-6,10H,4,7-9H2,(H,16,17). The Kier molecular flexibility index (Phi) is 4.92. The number of thiazole rings is 1. The smallest absolute Gasteiger partial charge is 0.309 e. The van der Waals surface area contributed by atoms with Gasteiger partial charge in [0.1, 0.15) is 5.75 Å². The van der Waals surface area contributed by atoms with Crippen LogP contribution >= 0.6 is 11.3 Å². The van der Waals surface area contributed by atoms with E-state index >= 15 is 0 Å². The third kappa shape index (κ3) is 4.71. The van der Waals surface area contributed by atoms with E-state index in [0.29, 0.717) is 12.3 Å². The zero-order valence-corrected chi connectivity index (χ0v) is 11.2. The second kappa shape index (κ2) is 6.89. The molecule has 1 heterocycles. The van der Waals surface area contributed by atoms with E-state index < -0.39 is 5.97 Å². The van der Waals surface area contributed by atoms with Gasteiger partial charge in [-0.05, 0) is 18.6 Å². The molecule has 0 saturated carbocycles. The number of aryl methyl sites for hydroxylation is 1. The maximum atomic E-state index is 10.5. The van der Waals surface area contributed by atoms with Gasteiger partial charge in [-0.2, -0.15) is 0 Å². The Hall–Kier alpha value is -1.88. The topological polar surface area (TPSA) is 59.4 Å². The lowest BCUT2D eigenvalue weighted by Crippen LogP contribution is -2.01. The molecular formula is C14H15NO3S. The molecule has 2 aromatic rings. The molecule has 5 heteroatoms. The van der Waals surface area contributed by atoms with Gasteiger partial charge in [-0.15, -0.1) is 11.3 Å². The van der Waals surface area contributed by atoms with Crippen molar-refractivity contribution < 1.29 is 14.6 Å². The van der Waals surface area contributed by atoms with E-state index in [0.717, 1.165) is 23.6 Å². The van der Waals surface area contributed by atoms with Crippen LogP contribution in [0, 0.1) is 0 Å². The molecule has 0 unspecified atom stereocenters. The van der Waals surface area contributed by atoms with Crippen LogP contribution < -0.4 is 4.74 Å². The maximum Gasteiger partial charge on any atom is 0.309 e. The highest BCUT2D eigenvalue weighted by Crippen LogP contribution is 2.13. The van der Waals surface area contributed by atoms with Crippen LogP contribution in [0.1, 0.15) is 17.1 Å². The fourth-order valence-corrected chi connectivity index (χ4v) is 2.47. The summed E-state index contributed by atoms with van der Waals surface area (Å²) in [5, 5.41) is 11.4. The highest BCUT2D eigenvalue weighted by atomic mass is 32.1. The monoisotopic (exact) mass is 277 g/mol. The summed E-state index contributed by atoms with van der Waals surface area (Å²) in [6, 6.07) is 9.68. The van der Waals surface area contributed by atoms with Gasteiger partial charge < -0.3 is 9.84 Å². The van der Waals surface area contributed by atoms with Gasteiger partial charge in [-0.1, -0.05) is 18.2 Å². The number of carbonyl (C=O) groups is 1. The van der Waals surface area contributed by atoms with Crippen molar-refractivity contribution in [1.82, 2.24) is 4.98 Å². The van der Waals surface area contributed by atoms with Crippen molar-refractivity contribution in [2.45, 2.75) is 19.3 Å². The predicted octanol–water partition coefficient (Wildman–Crippen LogP) is 2.78. The largest absolute Gasteiger partial charge is 0.494 e. The second-order valence-corrected chi connectivity index (χ2v) is 5.01. The molecule has 19 heavy (non-hydrogen) atoms. The zero-order valence-electron chi connectivity index (χ0n) is 10.4. The van der Waals surface area contributed by atoms with Gasteiger partial charge >= 0.3 is 5.97 Å². The lowest BCUT2D eigenvalue weighted by atomic mass is 10.3. The minimum atomic E-state index is -0.843. The first-order chi connectivity index (χ1) is 9.24. The molecule has 0 aliphatic carbocycles. The Morgan fingerprint density at radius 2 is 2.11 bits per heavy atom. The number of nitrogens with zero attached hydrogens (tertiary/aromatic N) is 1. The van der Waals surface area contributed by atoms with E-state index in [1.807, 2.05) is 35.7 Å². The highest BCUT2D eigenvalue weighted by Gasteiger charge is 2.06. The molecule has 0 radical (unpaired) electrons. The number of ether oxygens (including phenoxy) is 1. The van der Waals surface area contributed by atoms with Crippen LogP contribution in [0.15, 0.2) is 35.7 Å². The number of carboxylic acid groups (broad SMARTS) is 1. The number of para-hydroxylation sites is 1. The van der Waals surface area contributed by atoms with Crippen LogP contribution in [0.2, 0.25) is 0 Å². The Labute approximate surface area is 115 Å². The van der Waals surface area contributed by atoms with E-state index in [2.05, 4.69) is 4.98 Å². The van der Waals surface area contributed by atoms with E-state index in [1.165, 1.54) is 11.3 Å². The molecular weight excluding hydrogens is 262 g/mol. The first kappa shape index (κ1) is 13.5. The van der Waals surface area contributed by atoms with Crippen molar-refractivity contribution >= 4 is 17.3 Å². The second-order valence-electron chi connectivity index (χ2n) is 4.07. The van der Waals surface area contributed by atoms with Crippen molar-refractivity contribution in [2.24, 2.45) is 0 Å². The van der Waals surface area contributed by atoms with Gasteiger partial charge in [-0.3, -0.25) is 4.79 Å². The zero-order chi connectivity index (χ0) is 13.5. The molecule has 0 aliphatic heterocycles. The third-order valence-corrected chi connectivity index (χ3v) is 3.44. The average molecular weight is 277 g/mol. The molecule has 2 rings (SSSR count). The number of hydrogen-bond acceptors (Lipinski definition) is 4. The van der Waals surface area contributed by atoms with Gasteiger partial charge in [0.15, 0.2) is 0 Å². The summed E-state index contributed by atoms with van der Waals surface area (Å²) in [7, 11) is 0. The summed E-state index contributed by atoms with van der Waals surface area (Å²) >= 11 is 1.51. The Bertz CT molecular complexity index is 524. The van der Waals surface area contributed by atoms with Crippen molar-refractivity contribution in [2.75, 3.05) is 6.61 Å². The highest BCUT2D eigenvalue weighted by molar-refractivity contribution is 7.09. The minimum absolute atomic E-state index is 0.00296. The average Bonchev–Trinajstić information content (AvgIpc) is 2.83. The molecule has 1 aromatic carbocycles. The van der Waals surface area contributed by atoms with Crippen molar-refractivity contribution in [3.05, 3.63) is 46.4 Å². The molecule has 0 aliphatic rings. The van der Waals surface area contributed by atoms with Crippen molar-refractivity contribution in [3.63, 3.8) is 0 Å². The number of benzene rings is 1. The Balaban J connectivity index is 1.71. The van der Waals surface area contributed by atoms with Gasteiger partial charge in [0.2, 0.25) is 0 Å². The first-order valence-corrected chi connectivity index (χ1v) is 6.95. The Morgan fingerprint density at radius 3 is 2.84 bits per heavy atom. The summed E-state index contributed by atoms with van der Waals surface area (Å²) in [5.41, 5.74) is 0.636. The van der Waals surface area contributed by atoms with Crippen molar-refractivity contribution in [3.8, 4) is 5.75 Å². The summed E-state index contributed by atoms with van der Waals surface area (Å²) < 4.78 is 5.58. The fourth-order valence-electron chi connectivity index (χ4n) is 1.63. The van der Waals surface area contributed by atoms with Gasteiger partial charge in [0.25, 0.3) is 0 Å². The molecule has 100 valence electrons.